The second-order valence-electron chi connectivity index (χ2n) is 37.7. The first-order valence-corrected chi connectivity index (χ1v) is 45.1. The Kier molecular flexibility index (Phi) is 14.8. The first-order chi connectivity index (χ1) is 62.4. The number of hydrogen-bond acceptors (Lipinski definition) is 2. The Labute approximate surface area is 742 Å². The molecule has 2 unspecified atom stereocenters. The number of benzene rings is 19. The monoisotopic (exact) mass is 1610 g/mol. The molecule has 0 heterocycles. The van der Waals surface area contributed by atoms with Crippen LogP contribution in [0, 0.1) is 0 Å². The topological polar surface area (TPSA) is 6.48 Å². The summed E-state index contributed by atoms with van der Waals surface area (Å²) >= 11 is 0. The lowest BCUT2D eigenvalue weighted by Crippen LogP contribution is -2.28. The van der Waals surface area contributed by atoms with Gasteiger partial charge < -0.3 is 9.80 Å². The lowest BCUT2D eigenvalue weighted by atomic mass is 9.67. The first-order valence-electron chi connectivity index (χ1n) is 45.1. The van der Waals surface area contributed by atoms with Gasteiger partial charge in [-0.25, -0.2) is 0 Å². The van der Waals surface area contributed by atoms with Gasteiger partial charge in [0, 0.05) is 50.4 Å². The first kappa shape index (κ1) is 72.3. The van der Waals surface area contributed by atoms with Gasteiger partial charge in [-0.15, -0.1) is 0 Å². The van der Waals surface area contributed by atoms with Crippen LogP contribution in [0.3, 0.4) is 0 Å². The van der Waals surface area contributed by atoms with Gasteiger partial charge in [0.1, 0.15) is 0 Å². The van der Waals surface area contributed by atoms with Gasteiger partial charge in [0.25, 0.3) is 0 Å². The second kappa shape index (κ2) is 26.0. The molecular formula is C125H86N2. The van der Waals surface area contributed by atoms with E-state index in [4.69, 9.17) is 0 Å². The Balaban J connectivity index is 0.628. The zero-order chi connectivity index (χ0) is 84.2. The minimum atomic E-state index is -0.699. The van der Waals surface area contributed by atoms with Crippen LogP contribution in [0.15, 0.2) is 431 Å². The Morgan fingerprint density at radius 2 is 0.370 bits per heavy atom. The van der Waals surface area contributed by atoms with E-state index in [-0.39, 0.29) is 10.8 Å². The van der Waals surface area contributed by atoms with E-state index >= 15 is 0 Å². The molecule has 0 saturated carbocycles. The fourth-order valence-corrected chi connectivity index (χ4v) is 25.7. The van der Waals surface area contributed by atoms with Crippen molar-refractivity contribution in [1.29, 1.82) is 0 Å². The molecule has 0 radical (unpaired) electrons. The minimum absolute atomic E-state index is 0.228. The Bertz CT molecular complexity index is 7890. The van der Waals surface area contributed by atoms with Gasteiger partial charge in [-0.3, -0.25) is 0 Å². The van der Waals surface area contributed by atoms with Gasteiger partial charge in [-0.2, -0.15) is 0 Å². The third-order valence-electron chi connectivity index (χ3n) is 31.3. The Morgan fingerprint density at radius 1 is 0.142 bits per heavy atom. The van der Waals surface area contributed by atoms with Crippen molar-refractivity contribution >= 4 is 34.1 Å². The minimum Gasteiger partial charge on any atom is -0.310 e. The molecule has 0 amide bonds. The molecule has 19 aromatic carbocycles. The van der Waals surface area contributed by atoms with Crippen LogP contribution < -0.4 is 9.80 Å². The van der Waals surface area contributed by atoms with Crippen molar-refractivity contribution in [2.24, 2.45) is 0 Å². The summed E-state index contributed by atoms with van der Waals surface area (Å²) in [5.74, 6) is 0. The maximum atomic E-state index is 2.59. The highest BCUT2D eigenvalue weighted by Gasteiger charge is 2.55. The molecule has 0 saturated heterocycles. The zero-order valence-corrected chi connectivity index (χ0v) is 71.4. The molecule has 127 heavy (non-hydrogen) atoms. The highest BCUT2D eigenvalue weighted by molar-refractivity contribution is 6.02. The lowest BCUT2D eigenvalue weighted by molar-refractivity contribution is 0.660. The summed E-state index contributed by atoms with van der Waals surface area (Å²) < 4.78 is 0. The molecule has 2 nitrogen and oxygen atoms in total. The summed E-state index contributed by atoms with van der Waals surface area (Å²) in [6.45, 7) is 12.1. The molecule has 0 bridgehead atoms. The van der Waals surface area contributed by atoms with Gasteiger partial charge in [0.15, 0.2) is 0 Å². The maximum absolute atomic E-state index is 2.59. The van der Waals surface area contributed by atoms with E-state index in [9.17, 15) is 0 Å². The van der Waals surface area contributed by atoms with Gasteiger partial charge in [0.2, 0.25) is 0 Å². The van der Waals surface area contributed by atoms with Crippen molar-refractivity contribution in [2.45, 2.75) is 67.1 Å². The fraction of sp³-hybridized carbons (Fsp3) is 0.0880. The standard InChI is InChI=1S/C125H86N2/c1-120(2)104-46-21-12-37-88(104)97-63-56-82(71-113(97)120)126(86-60-67-102-95-44-18-27-52-110(95)124(118(102)75-86)108-50-25-16-40-91(108)92-41-17-26-51-109(92)124)84-58-65-99-90-39-14-23-48-106(90)122(5,115(99)73-84)81-36-30-31-77(69-81)78-55-62-100-94-43-19-28-53-111(94)125(116(100)70-78)112-54-29-20-45-96(112)103-68-61-87(76-119(103)125)127(83-57-64-98-89-38-13-22-47-105(89)121(3,4)114(98)72-83)85-59-66-101-93-42-15-24-49-107(93)123(117(101)74-85,79-32-8-6-9-33-79)80-34-10-7-11-35-80/h6-76H,1-5H3. The highest BCUT2D eigenvalue weighted by atomic mass is 15.2. The van der Waals surface area contributed by atoms with Crippen LogP contribution in [0.4, 0.5) is 34.1 Å². The van der Waals surface area contributed by atoms with Crippen LogP contribution in [0.5, 0.6) is 0 Å². The van der Waals surface area contributed by atoms with Crippen LogP contribution in [0.2, 0.25) is 0 Å². The van der Waals surface area contributed by atoms with Crippen molar-refractivity contribution in [3.8, 4) is 100 Å². The summed E-state index contributed by atoms with van der Waals surface area (Å²) in [6.07, 6.45) is 0. The van der Waals surface area contributed by atoms with Gasteiger partial charge in [-0.05, 0) is 298 Å². The normalized spacial score (nSPS) is 17.0. The molecule has 2 spiro atoms. The average molecular weight is 1620 g/mol. The molecule has 8 aliphatic rings. The second-order valence-corrected chi connectivity index (χ2v) is 37.7. The lowest BCUT2D eigenvalue weighted by Gasteiger charge is -2.35. The third-order valence-corrected chi connectivity index (χ3v) is 31.3. The predicted molar refractivity (Wildman–Crippen MR) is 524 cm³/mol. The largest absolute Gasteiger partial charge is 0.310 e. The van der Waals surface area contributed by atoms with Crippen LogP contribution >= 0.6 is 0 Å². The van der Waals surface area contributed by atoms with E-state index in [0.717, 1.165) is 34.1 Å². The number of nitrogens with zero attached hydrogens (tertiary/aromatic N) is 2. The number of fused-ring (bicyclic) bond motifs is 32. The van der Waals surface area contributed by atoms with E-state index < -0.39 is 21.7 Å². The van der Waals surface area contributed by atoms with Crippen LogP contribution in [0.1, 0.15) is 140 Å². The molecule has 0 aliphatic heterocycles. The van der Waals surface area contributed by atoms with Crippen molar-refractivity contribution in [3.63, 3.8) is 0 Å². The molecule has 2 heteroatoms. The summed E-state index contributed by atoms with van der Waals surface area (Å²) in [7, 11) is 0. The van der Waals surface area contributed by atoms with Crippen LogP contribution in [-0.2, 0) is 32.5 Å². The fourth-order valence-electron chi connectivity index (χ4n) is 25.7. The van der Waals surface area contributed by atoms with E-state index in [1.165, 1.54) is 206 Å². The molecule has 19 aromatic rings. The third kappa shape index (κ3) is 9.33. The number of rotatable bonds is 10. The van der Waals surface area contributed by atoms with E-state index in [1.807, 2.05) is 0 Å². The van der Waals surface area contributed by atoms with Crippen LogP contribution in [-0.4, -0.2) is 0 Å². The van der Waals surface area contributed by atoms with Gasteiger partial charge in [-0.1, -0.05) is 373 Å². The summed E-state index contributed by atoms with van der Waals surface area (Å²) in [4.78, 5) is 5.18. The number of anilines is 6. The predicted octanol–water partition coefficient (Wildman–Crippen LogP) is 31.3. The maximum Gasteiger partial charge on any atom is 0.0726 e. The van der Waals surface area contributed by atoms with Crippen LogP contribution in [0.25, 0.3) is 100 Å². The molecule has 0 N–H and O–H groups in total. The molecule has 0 aromatic heterocycles. The Morgan fingerprint density at radius 3 is 0.740 bits per heavy atom. The molecular weight excluding hydrogens is 1530 g/mol. The van der Waals surface area contributed by atoms with Gasteiger partial charge in [0.05, 0.1) is 16.2 Å². The summed E-state index contributed by atoms with van der Waals surface area (Å²) in [5.41, 5.74) is 51.4. The number of hydrogen-bond donors (Lipinski definition) is 0. The van der Waals surface area contributed by atoms with E-state index in [2.05, 4.69) is 475 Å². The van der Waals surface area contributed by atoms with Crippen molar-refractivity contribution < 1.29 is 0 Å². The summed E-state index contributed by atoms with van der Waals surface area (Å²) in [6, 6.07) is 166. The zero-order valence-electron chi connectivity index (χ0n) is 71.4. The molecule has 8 aliphatic carbocycles. The highest BCUT2D eigenvalue weighted by Crippen LogP contribution is 2.68. The van der Waals surface area contributed by atoms with Crippen molar-refractivity contribution in [1.82, 2.24) is 0 Å². The van der Waals surface area contributed by atoms with Crippen molar-refractivity contribution in [3.05, 3.63) is 536 Å². The molecule has 0 fully saturated rings. The van der Waals surface area contributed by atoms with Crippen molar-refractivity contribution in [2.75, 3.05) is 9.80 Å². The average Bonchev–Trinajstić information content (AvgIpc) is 1.51. The van der Waals surface area contributed by atoms with E-state index in [0.29, 0.717) is 0 Å². The molecule has 596 valence electrons. The van der Waals surface area contributed by atoms with Gasteiger partial charge >= 0.3 is 0 Å². The molecule has 27 rings (SSSR count). The summed E-state index contributed by atoms with van der Waals surface area (Å²) in [5, 5.41) is 0. The SMILES string of the molecule is CC1(C)c2ccccc2-c2ccc(N(c3ccc4c(c3)C(C)(c3cccc(-c5ccc6c(c5)C5(c7ccccc7-6)c6ccccc6-c6ccc(N(c7ccc8c(c7)C(C)(C)c7ccccc7-8)c7ccc8c(c7)C(c7ccccc7)(c7ccccc7)c7ccccc7-8)cc65)c3)c3ccccc3-4)c3ccc4c(c3)C3(c5ccccc5-c5ccccc53)c3ccccc3-4)cc21. The van der Waals surface area contributed by atoms with E-state index in [1.54, 1.807) is 0 Å². The quantitative estimate of drug-likeness (QED) is 0.135. The smallest absolute Gasteiger partial charge is 0.0726 e. The molecule has 2 atom stereocenters. The Hall–Kier alpha value is -15.2.